The van der Waals surface area contributed by atoms with E-state index in [1.165, 1.54) is 0 Å². The van der Waals surface area contributed by atoms with Crippen molar-refractivity contribution in [2.75, 3.05) is 19.5 Å². The molecule has 3 aromatic rings. The molecular weight excluding hydrogens is 422 g/mol. The van der Waals surface area contributed by atoms with Crippen molar-refractivity contribution in [1.29, 1.82) is 0 Å². The molecule has 0 saturated carbocycles. The van der Waals surface area contributed by atoms with E-state index in [1.807, 2.05) is 24.3 Å². The van der Waals surface area contributed by atoms with Crippen LogP contribution in [-0.4, -0.2) is 20.0 Å². The van der Waals surface area contributed by atoms with E-state index in [-0.39, 0.29) is 17.1 Å². The van der Waals surface area contributed by atoms with E-state index >= 15 is 0 Å². The van der Waals surface area contributed by atoms with Gasteiger partial charge in [-0.2, -0.15) is 0 Å². The third kappa shape index (κ3) is 3.25. The zero-order chi connectivity index (χ0) is 22.6. The third-order valence-electron chi connectivity index (χ3n) is 6.54. The van der Waals surface area contributed by atoms with E-state index in [1.54, 1.807) is 14.2 Å². The van der Waals surface area contributed by atoms with Gasteiger partial charge in [0.15, 0.2) is 17.3 Å². The zero-order valence-electron chi connectivity index (χ0n) is 18.7. The minimum atomic E-state index is -0.242. The summed E-state index contributed by atoms with van der Waals surface area (Å²) in [4.78, 5) is 13.5. The maximum absolute atomic E-state index is 13.5. The van der Waals surface area contributed by atoms with Crippen LogP contribution < -0.4 is 14.8 Å². The number of nitrogens with one attached hydrogen (secondary N) is 1. The SMILES string of the molecule is COc1cc([C@H]2C3=C(CC(C)(C)CC3=O)Nc3ccc4ccccc4c32)cc(Cl)c1OC. The Kier molecular flexibility index (Phi) is 4.94. The standard InChI is InChI=1S/C27H26ClNO3/c1-27(2)13-20-25(21(30)14-27)23(16-11-18(28)26(32-4)22(12-16)31-3)24-17-8-6-5-7-15(17)9-10-19(24)29-20/h5-12,23,29H,13-14H2,1-4H3/t23-/m1/s1. The number of fused-ring (bicyclic) bond motifs is 3. The van der Waals surface area contributed by atoms with Crippen LogP contribution in [0.25, 0.3) is 10.8 Å². The van der Waals surface area contributed by atoms with Crippen LogP contribution >= 0.6 is 11.6 Å². The number of rotatable bonds is 3. The summed E-state index contributed by atoms with van der Waals surface area (Å²) in [5, 5.41) is 6.34. The highest BCUT2D eigenvalue weighted by Crippen LogP contribution is 2.52. The number of hydrogen-bond acceptors (Lipinski definition) is 4. The number of methoxy groups -OCH3 is 2. The van der Waals surface area contributed by atoms with Crippen molar-refractivity contribution in [3.8, 4) is 11.5 Å². The summed E-state index contributed by atoms with van der Waals surface area (Å²) in [6, 6.07) is 16.4. The third-order valence-corrected chi connectivity index (χ3v) is 6.82. The number of Topliss-reactive ketones (excluding diaryl/α,β-unsaturated/α-hetero) is 1. The van der Waals surface area contributed by atoms with Gasteiger partial charge in [-0.15, -0.1) is 0 Å². The lowest BCUT2D eigenvalue weighted by atomic mass is 9.68. The van der Waals surface area contributed by atoms with Crippen LogP contribution in [0.5, 0.6) is 11.5 Å². The molecule has 32 heavy (non-hydrogen) atoms. The first-order valence-corrected chi connectivity index (χ1v) is 11.2. The number of carbonyl (C=O) groups excluding carboxylic acids is 1. The fourth-order valence-electron chi connectivity index (χ4n) is 5.24. The zero-order valence-corrected chi connectivity index (χ0v) is 19.5. The molecule has 1 N–H and O–H groups in total. The normalized spacial score (nSPS) is 19.3. The molecule has 0 aromatic heterocycles. The lowest BCUT2D eigenvalue weighted by Gasteiger charge is -2.40. The summed E-state index contributed by atoms with van der Waals surface area (Å²) in [6.45, 7) is 4.29. The molecule has 0 amide bonds. The second-order valence-electron chi connectivity index (χ2n) is 9.38. The maximum atomic E-state index is 13.5. The maximum Gasteiger partial charge on any atom is 0.179 e. The van der Waals surface area contributed by atoms with Crippen molar-refractivity contribution < 1.29 is 14.3 Å². The first-order chi connectivity index (χ1) is 15.3. The van der Waals surface area contributed by atoms with Crippen LogP contribution in [0.15, 0.2) is 59.8 Å². The first-order valence-electron chi connectivity index (χ1n) is 10.8. The molecule has 164 valence electrons. The number of ether oxygens (including phenoxy) is 2. The first kappa shape index (κ1) is 20.9. The highest BCUT2D eigenvalue weighted by Gasteiger charge is 2.41. The molecule has 1 heterocycles. The minimum Gasteiger partial charge on any atom is -0.493 e. The fraction of sp³-hybridized carbons (Fsp3) is 0.296. The van der Waals surface area contributed by atoms with Crippen LogP contribution in [0.1, 0.15) is 43.7 Å². The molecule has 2 aliphatic rings. The number of ketones is 1. The van der Waals surface area contributed by atoms with Crippen molar-refractivity contribution in [3.63, 3.8) is 0 Å². The smallest absolute Gasteiger partial charge is 0.179 e. The van der Waals surface area contributed by atoms with Gasteiger partial charge in [0, 0.05) is 29.3 Å². The minimum absolute atomic E-state index is 0.0862. The predicted molar refractivity (Wildman–Crippen MR) is 129 cm³/mol. The molecule has 1 aliphatic carbocycles. The van der Waals surface area contributed by atoms with Crippen molar-refractivity contribution >= 4 is 33.8 Å². The van der Waals surface area contributed by atoms with Gasteiger partial charge in [0.05, 0.1) is 19.2 Å². The van der Waals surface area contributed by atoms with E-state index in [0.717, 1.165) is 45.3 Å². The molecule has 0 spiro atoms. The predicted octanol–water partition coefficient (Wildman–Crippen LogP) is 6.71. The van der Waals surface area contributed by atoms with Crippen LogP contribution in [0.3, 0.4) is 0 Å². The van der Waals surface area contributed by atoms with Gasteiger partial charge in [0.2, 0.25) is 0 Å². The lowest BCUT2D eigenvalue weighted by Crippen LogP contribution is -2.33. The summed E-state index contributed by atoms with van der Waals surface area (Å²) in [6.07, 6.45) is 1.34. The van der Waals surface area contributed by atoms with E-state index in [9.17, 15) is 4.79 Å². The Labute approximate surface area is 193 Å². The Morgan fingerprint density at radius 3 is 2.56 bits per heavy atom. The van der Waals surface area contributed by atoms with Gasteiger partial charge in [-0.25, -0.2) is 0 Å². The van der Waals surface area contributed by atoms with Crippen molar-refractivity contribution in [3.05, 3.63) is 76.0 Å². The summed E-state index contributed by atoms with van der Waals surface area (Å²) in [5.74, 6) is 0.989. The molecular formula is C27H26ClNO3. The number of benzene rings is 3. The molecule has 0 saturated heterocycles. The Hall–Kier alpha value is -2.98. The second-order valence-corrected chi connectivity index (χ2v) is 9.78. The summed E-state index contributed by atoms with van der Waals surface area (Å²) >= 11 is 6.61. The molecule has 4 nitrogen and oxygen atoms in total. The number of hydrogen-bond donors (Lipinski definition) is 1. The summed E-state index contributed by atoms with van der Waals surface area (Å²) in [5.41, 5.74) is 4.80. The second kappa shape index (κ2) is 7.56. The van der Waals surface area contributed by atoms with Crippen molar-refractivity contribution in [2.45, 2.75) is 32.6 Å². The molecule has 0 radical (unpaired) electrons. The van der Waals surface area contributed by atoms with Gasteiger partial charge in [0.25, 0.3) is 0 Å². The number of allylic oxidation sites excluding steroid dienone is 2. The highest BCUT2D eigenvalue weighted by atomic mass is 35.5. The van der Waals surface area contributed by atoms with Crippen molar-refractivity contribution in [2.24, 2.45) is 5.41 Å². The lowest BCUT2D eigenvalue weighted by molar-refractivity contribution is -0.118. The van der Waals surface area contributed by atoms with Gasteiger partial charge >= 0.3 is 0 Å². The largest absolute Gasteiger partial charge is 0.493 e. The van der Waals surface area contributed by atoms with Gasteiger partial charge in [0.1, 0.15) is 0 Å². The van der Waals surface area contributed by atoms with Crippen LogP contribution in [0.2, 0.25) is 5.02 Å². The fourth-order valence-corrected chi connectivity index (χ4v) is 5.54. The monoisotopic (exact) mass is 447 g/mol. The molecule has 1 atom stereocenters. The Balaban J connectivity index is 1.83. The number of carbonyl (C=O) groups is 1. The van der Waals surface area contributed by atoms with Gasteiger partial charge < -0.3 is 14.8 Å². The molecule has 0 bridgehead atoms. The van der Waals surface area contributed by atoms with Gasteiger partial charge in [-0.05, 0) is 51.9 Å². The average Bonchev–Trinajstić information content (AvgIpc) is 2.76. The quantitative estimate of drug-likeness (QED) is 0.484. The summed E-state index contributed by atoms with van der Waals surface area (Å²) in [7, 11) is 3.17. The van der Waals surface area contributed by atoms with Crippen LogP contribution in [-0.2, 0) is 4.79 Å². The van der Waals surface area contributed by atoms with Gasteiger partial charge in [-0.1, -0.05) is 55.8 Å². The summed E-state index contributed by atoms with van der Waals surface area (Å²) < 4.78 is 11.0. The van der Waals surface area contributed by atoms with Gasteiger partial charge in [-0.3, -0.25) is 4.79 Å². The van der Waals surface area contributed by atoms with Crippen LogP contribution in [0.4, 0.5) is 5.69 Å². The number of halogens is 1. The Morgan fingerprint density at radius 2 is 1.81 bits per heavy atom. The van der Waals surface area contributed by atoms with E-state index in [2.05, 4.69) is 43.4 Å². The van der Waals surface area contributed by atoms with E-state index in [0.29, 0.717) is 22.9 Å². The van der Waals surface area contributed by atoms with E-state index < -0.39 is 0 Å². The molecule has 0 unspecified atom stereocenters. The average molecular weight is 448 g/mol. The molecule has 5 rings (SSSR count). The van der Waals surface area contributed by atoms with E-state index in [4.69, 9.17) is 21.1 Å². The number of anilines is 1. The molecule has 1 aliphatic heterocycles. The molecule has 0 fully saturated rings. The van der Waals surface area contributed by atoms with Crippen LogP contribution in [0, 0.1) is 5.41 Å². The Morgan fingerprint density at radius 1 is 1.03 bits per heavy atom. The highest BCUT2D eigenvalue weighted by molar-refractivity contribution is 6.32. The topological polar surface area (TPSA) is 47.6 Å². The van der Waals surface area contributed by atoms with Crippen molar-refractivity contribution in [1.82, 2.24) is 0 Å². The molecule has 5 heteroatoms. The molecule has 3 aromatic carbocycles. The Bertz CT molecular complexity index is 1290.